The summed E-state index contributed by atoms with van der Waals surface area (Å²) in [6.07, 6.45) is 0.645. The first kappa shape index (κ1) is 14.5. The Morgan fingerprint density at radius 3 is 2.43 bits per heavy atom. The summed E-state index contributed by atoms with van der Waals surface area (Å²) in [5.41, 5.74) is 7.75. The molecule has 112 valence electrons. The predicted octanol–water partition coefficient (Wildman–Crippen LogP) is 4.65. The van der Waals surface area contributed by atoms with Crippen LogP contribution in [0.5, 0.6) is 0 Å². The van der Waals surface area contributed by atoms with Crippen molar-refractivity contribution in [3.8, 4) is 11.3 Å². The lowest BCUT2D eigenvalue weighted by molar-refractivity contribution is -0.0447. The van der Waals surface area contributed by atoms with E-state index in [1.165, 1.54) is 0 Å². The second kappa shape index (κ2) is 5.40. The van der Waals surface area contributed by atoms with Crippen LogP contribution in [-0.2, 0) is 0 Å². The number of hydrogen-bond acceptors (Lipinski definition) is 2. The summed E-state index contributed by atoms with van der Waals surface area (Å²) < 4.78 is 29.2. The fourth-order valence-corrected chi connectivity index (χ4v) is 3.00. The Bertz CT molecular complexity index is 627. The Labute approximate surface area is 130 Å². The van der Waals surface area contributed by atoms with Crippen LogP contribution in [0.15, 0.2) is 34.8 Å². The van der Waals surface area contributed by atoms with Gasteiger partial charge in [0.25, 0.3) is 0 Å². The first-order chi connectivity index (χ1) is 9.94. The molecule has 2 N–H and O–H groups in total. The van der Waals surface area contributed by atoms with E-state index in [1.807, 2.05) is 24.3 Å². The first-order valence-electron chi connectivity index (χ1n) is 6.93. The topological polar surface area (TPSA) is 43.8 Å². The molecule has 1 heterocycles. The number of anilines is 1. The molecular weight excluding hydrogens is 340 g/mol. The summed E-state index contributed by atoms with van der Waals surface area (Å²) >= 11 is 3.39. The normalized spacial score (nSPS) is 18.8. The van der Waals surface area contributed by atoms with Gasteiger partial charge < -0.3 is 5.73 Å². The number of hydrogen-bond donors (Lipinski definition) is 1. The fourth-order valence-electron chi connectivity index (χ4n) is 2.73. The van der Waals surface area contributed by atoms with Gasteiger partial charge in [-0.1, -0.05) is 28.1 Å². The zero-order valence-electron chi connectivity index (χ0n) is 11.4. The molecule has 0 saturated heterocycles. The summed E-state index contributed by atoms with van der Waals surface area (Å²) in [4.78, 5) is 0. The number of nitrogens with two attached hydrogens (primary N) is 1. The van der Waals surface area contributed by atoms with Crippen LogP contribution in [0.1, 0.15) is 31.7 Å². The molecule has 0 atom stereocenters. The Kier molecular flexibility index (Phi) is 3.73. The molecule has 2 aromatic rings. The molecule has 0 spiro atoms. The molecule has 3 nitrogen and oxygen atoms in total. The SMILES string of the molecule is Nc1cc(-c2ccc(Br)cc2)nn1C1CCC(F)(F)CC1. The van der Waals surface area contributed by atoms with Gasteiger partial charge in [0, 0.05) is 28.9 Å². The van der Waals surface area contributed by atoms with E-state index in [4.69, 9.17) is 5.73 Å². The average molecular weight is 356 g/mol. The Morgan fingerprint density at radius 1 is 1.19 bits per heavy atom. The Hall–Kier alpha value is -1.43. The standard InChI is InChI=1S/C15H16BrF2N3/c16-11-3-1-10(2-4-11)13-9-14(19)21(20-13)12-5-7-15(17,18)8-6-12/h1-4,9,12H,5-8,19H2. The number of benzene rings is 1. The van der Waals surface area contributed by atoms with Gasteiger partial charge in [0.05, 0.1) is 11.7 Å². The highest BCUT2D eigenvalue weighted by molar-refractivity contribution is 9.10. The summed E-state index contributed by atoms with van der Waals surface area (Å²) in [6, 6.07) is 9.54. The number of nitrogens with zero attached hydrogens (tertiary/aromatic N) is 2. The van der Waals surface area contributed by atoms with Crippen molar-refractivity contribution < 1.29 is 8.78 Å². The van der Waals surface area contributed by atoms with E-state index in [0.29, 0.717) is 18.7 Å². The predicted molar refractivity (Wildman–Crippen MR) is 82.2 cm³/mol. The first-order valence-corrected chi connectivity index (χ1v) is 7.73. The molecule has 0 bridgehead atoms. The van der Waals surface area contributed by atoms with E-state index in [9.17, 15) is 8.78 Å². The monoisotopic (exact) mass is 355 g/mol. The molecule has 1 aliphatic rings. The maximum Gasteiger partial charge on any atom is 0.248 e. The molecule has 6 heteroatoms. The second-order valence-corrected chi connectivity index (χ2v) is 6.41. The smallest absolute Gasteiger partial charge is 0.248 e. The number of nitrogen functional groups attached to an aromatic ring is 1. The molecule has 1 aliphatic carbocycles. The molecule has 1 saturated carbocycles. The lowest BCUT2D eigenvalue weighted by Gasteiger charge is -2.28. The van der Waals surface area contributed by atoms with Crippen molar-refractivity contribution in [1.29, 1.82) is 0 Å². The summed E-state index contributed by atoms with van der Waals surface area (Å²) in [7, 11) is 0. The van der Waals surface area contributed by atoms with Gasteiger partial charge in [0.2, 0.25) is 5.92 Å². The minimum Gasteiger partial charge on any atom is -0.384 e. The minimum absolute atomic E-state index is 0.0335. The van der Waals surface area contributed by atoms with Gasteiger partial charge in [0.15, 0.2) is 0 Å². The summed E-state index contributed by atoms with van der Waals surface area (Å²) in [6.45, 7) is 0. The fraction of sp³-hybridized carbons (Fsp3) is 0.400. The van der Waals surface area contributed by atoms with Crippen LogP contribution < -0.4 is 5.73 Å². The molecule has 1 fully saturated rings. The van der Waals surface area contributed by atoms with Crippen LogP contribution >= 0.6 is 15.9 Å². The number of halogens is 3. The van der Waals surface area contributed by atoms with Crippen molar-refractivity contribution in [3.05, 3.63) is 34.8 Å². The zero-order chi connectivity index (χ0) is 15.0. The molecular formula is C15H16BrF2N3. The third-order valence-electron chi connectivity index (χ3n) is 3.94. The number of alkyl halides is 2. The third-order valence-corrected chi connectivity index (χ3v) is 4.47. The third kappa shape index (κ3) is 3.10. The van der Waals surface area contributed by atoms with E-state index in [2.05, 4.69) is 21.0 Å². The second-order valence-electron chi connectivity index (χ2n) is 5.49. The molecule has 3 rings (SSSR count). The van der Waals surface area contributed by atoms with E-state index in [1.54, 1.807) is 10.7 Å². The van der Waals surface area contributed by atoms with Crippen LogP contribution in [0, 0.1) is 0 Å². The van der Waals surface area contributed by atoms with E-state index < -0.39 is 5.92 Å². The van der Waals surface area contributed by atoms with Gasteiger partial charge in [-0.15, -0.1) is 0 Å². The van der Waals surface area contributed by atoms with Crippen LogP contribution in [-0.4, -0.2) is 15.7 Å². The van der Waals surface area contributed by atoms with Crippen molar-refractivity contribution in [2.24, 2.45) is 0 Å². The van der Waals surface area contributed by atoms with Crippen molar-refractivity contribution in [2.45, 2.75) is 37.6 Å². The van der Waals surface area contributed by atoms with Gasteiger partial charge in [-0.25, -0.2) is 13.5 Å². The van der Waals surface area contributed by atoms with Gasteiger partial charge in [-0.2, -0.15) is 5.10 Å². The molecule has 0 radical (unpaired) electrons. The van der Waals surface area contributed by atoms with Crippen molar-refractivity contribution in [3.63, 3.8) is 0 Å². The van der Waals surface area contributed by atoms with Crippen molar-refractivity contribution in [1.82, 2.24) is 9.78 Å². The summed E-state index contributed by atoms with van der Waals surface area (Å²) in [5.74, 6) is -2.00. The highest BCUT2D eigenvalue weighted by Crippen LogP contribution is 2.39. The van der Waals surface area contributed by atoms with Crippen LogP contribution in [0.4, 0.5) is 14.6 Å². The van der Waals surface area contributed by atoms with Gasteiger partial charge in [-0.3, -0.25) is 0 Å². The van der Waals surface area contributed by atoms with Crippen LogP contribution in [0.3, 0.4) is 0 Å². The van der Waals surface area contributed by atoms with E-state index in [-0.39, 0.29) is 18.9 Å². The zero-order valence-corrected chi connectivity index (χ0v) is 13.0. The minimum atomic E-state index is -2.53. The number of rotatable bonds is 2. The molecule has 21 heavy (non-hydrogen) atoms. The maximum absolute atomic E-state index is 13.2. The van der Waals surface area contributed by atoms with E-state index in [0.717, 1.165) is 15.7 Å². The van der Waals surface area contributed by atoms with Crippen LogP contribution in [0.2, 0.25) is 0 Å². The van der Waals surface area contributed by atoms with Crippen molar-refractivity contribution >= 4 is 21.7 Å². The largest absolute Gasteiger partial charge is 0.384 e. The van der Waals surface area contributed by atoms with E-state index >= 15 is 0 Å². The van der Waals surface area contributed by atoms with Gasteiger partial charge in [0.1, 0.15) is 5.82 Å². The highest BCUT2D eigenvalue weighted by Gasteiger charge is 2.36. The molecule has 0 unspecified atom stereocenters. The van der Waals surface area contributed by atoms with Crippen LogP contribution in [0.25, 0.3) is 11.3 Å². The Balaban J connectivity index is 1.83. The maximum atomic E-state index is 13.2. The molecule has 1 aromatic heterocycles. The lowest BCUT2D eigenvalue weighted by atomic mass is 9.92. The summed E-state index contributed by atoms with van der Waals surface area (Å²) in [5, 5.41) is 4.51. The molecule has 0 amide bonds. The van der Waals surface area contributed by atoms with Crippen molar-refractivity contribution in [2.75, 3.05) is 5.73 Å². The quantitative estimate of drug-likeness (QED) is 0.852. The lowest BCUT2D eigenvalue weighted by Crippen LogP contribution is -2.27. The molecule has 0 aliphatic heterocycles. The Morgan fingerprint density at radius 2 is 1.81 bits per heavy atom. The van der Waals surface area contributed by atoms with Gasteiger partial charge >= 0.3 is 0 Å². The molecule has 1 aromatic carbocycles. The van der Waals surface area contributed by atoms with Gasteiger partial charge in [-0.05, 0) is 25.0 Å². The highest BCUT2D eigenvalue weighted by atomic mass is 79.9. The number of aromatic nitrogens is 2. The average Bonchev–Trinajstić information content (AvgIpc) is 2.82.